The van der Waals surface area contributed by atoms with Crippen LogP contribution in [0.15, 0.2) is 29.6 Å². The van der Waals surface area contributed by atoms with Gasteiger partial charge in [-0.05, 0) is 87.6 Å². The number of aliphatic hydroxyl groups excluding tert-OH is 2. The minimum atomic E-state index is -0.882. The molecule has 40 heavy (non-hydrogen) atoms. The van der Waals surface area contributed by atoms with Crippen molar-refractivity contribution < 1.29 is 24.5 Å². The summed E-state index contributed by atoms with van der Waals surface area (Å²) in [6.45, 7) is 7.57. The largest absolute Gasteiger partial charge is 0.496 e. The lowest BCUT2D eigenvalue weighted by atomic mass is 9.91. The molecule has 2 aromatic heterocycles. The summed E-state index contributed by atoms with van der Waals surface area (Å²) < 4.78 is 7.84. The van der Waals surface area contributed by atoms with Gasteiger partial charge in [0, 0.05) is 41.2 Å². The molecule has 4 heterocycles. The average molecular weight is 566 g/mol. The summed E-state index contributed by atoms with van der Waals surface area (Å²) in [6, 6.07) is 8.00. The number of nitrogens with one attached hydrogen (secondary N) is 1. The molecule has 1 atom stereocenters. The summed E-state index contributed by atoms with van der Waals surface area (Å²) in [6.07, 6.45) is 2.87. The molecule has 1 unspecified atom stereocenters. The number of rotatable bonds is 7. The van der Waals surface area contributed by atoms with Crippen LogP contribution < -0.4 is 10.1 Å². The Morgan fingerprint density at radius 3 is 2.65 bits per heavy atom. The number of fused-ring (bicyclic) bond motifs is 5. The van der Waals surface area contributed by atoms with Gasteiger partial charge in [0.15, 0.2) is 0 Å². The normalized spacial score (nSPS) is 15.9. The molecule has 1 aromatic carbocycles. The zero-order valence-electron chi connectivity index (χ0n) is 23.7. The number of nitrogens with zero attached hydrogens (tertiary/aromatic N) is 2. The molecule has 0 saturated carbocycles. The Bertz CT molecular complexity index is 1400. The number of amides is 2. The minimum absolute atomic E-state index is 0.0728. The van der Waals surface area contributed by atoms with Crippen LogP contribution in [0.4, 0.5) is 0 Å². The Morgan fingerprint density at radius 1 is 1.18 bits per heavy atom. The Kier molecular flexibility index (Phi) is 8.08. The van der Waals surface area contributed by atoms with Gasteiger partial charge in [0.25, 0.3) is 11.8 Å². The Morgan fingerprint density at radius 2 is 1.98 bits per heavy atom. The highest BCUT2D eigenvalue weighted by Gasteiger charge is 2.37. The maximum absolute atomic E-state index is 14.3. The van der Waals surface area contributed by atoms with Gasteiger partial charge >= 0.3 is 0 Å². The average Bonchev–Trinajstić information content (AvgIpc) is 3.55. The van der Waals surface area contributed by atoms with E-state index in [9.17, 15) is 14.7 Å². The fraction of sp³-hybridized carbons (Fsp3) is 0.484. The summed E-state index contributed by atoms with van der Waals surface area (Å²) in [4.78, 5) is 30.7. The summed E-state index contributed by atoms with van der Waals surface area (Å²) in [5, 5.41) is 23.7. The fourth-order valence-corrected chi connectivity index (χ4v) is 6.76. The van der Waals surface area contributed by atoms with Crippen molar-refractivity contribution in [3.05, 3.63) is 52.0 Å². The number of aromatic nitrogens is 1. The molecule has 0 fully saturated rings. The van der Waals surface area contributed by atoms with Crippen molar-refractivity contribution in [2.45, 2.75) is 71.1 Å². The number of benzene rings is 1. The predicted octanol–water partition coefficient (Wildman–Crippen LogP) is 4.50. The first kappa shape index (κ1) is 28.4. The lowest BCUT2D eigenvalue weighted by molar-refractivity contribution is 0.0558. The van der Waals surface area contributed by atoms with E-state index < -0.39 is 6.10 Å². The molecule has 2 amide bonds. The smallest absolute Gasteiger partial charge is 0.271 e. The third kappa shape index (κ3) is 5.18. The molecule has 0 saturated heterocycles. The van der Waals surface area contributed by atoms with Gasteiger partial charge in [-0.25, -0.2) is 0 Å². The number of ether oxygens (including phenoxy) is 1. The van der Waals surface area contributed by atoms with Gasteiger partial charge < -0.3 is 29.7 Å². The van der Waals surface area contributed by atoms with E-state index in [-0.39, 0.29) is 36.9 Å². The van der Waals surface area contributed by atoms with E-state index in [2.05, 4.69) is 42.1 Å². The van der Waals surface area contributed by atoms with E-state index >= 15 is 0 Å². The van der Waals surface area contributed by atoms with Crippen LogP contribution in [0.2, 0.25) is 0 Å². The first-order chi connectivity index (χ1) is 19.2. The van der Waals surface area contributed by atoms with Crippen LogP contribution in [-0.4, -0.2) is 69.9 Å². The molecule has 3 aromatic rings. The van der Waals surface area contributed by atoms with Crippen LogP contribution in [0.5, 0.6) is 5.75 Å². The van der Waals surface area contributed by atoms with Crippen LogP contribution in [0.25, 0.3) is 21.7 Å². The van der Waals surface area contributed by atoms with Gasteiger partial charge in [-0.1, -0.05) is 6.07 Å². The van der Waals surface area contributed by atoms with Gasteiger partial charge in [0.1, 0.15) is 11.4 Å². The number of hydrogen-bond donors (Lipinski definition) is 3. The number of hydrogen-bond acceptors (Lipinski definition) is 6. The van der Waals surface area contributed by atoms with E-state index in [1.807, 2.05) is 23.1 Å². The summed E-state index contributed by atoms with van der Waals surface area (Å²) in [7, 11) is 1.56. The molecule has 8 nitrogen and oxygen atoms in total. The molecule has 9 heteroatoms. The lowest BCUT2D eigenvalue weighted by Gasteiger charge is -2.37. The first-order valence-electron chi connectivity index (χ1n) is 14.0. The maximum atomic E-state index is 14.3. The quantitative estimate of drug-likeness (QED) is 0.392. The highest BCUT2D eigenvalue weighted by molar-refractivity contribution is 7.13. The van der Waals surface area contributed by atoms with E-state index in [1.54, 1.807) is 18.4 Å². The Balaban J connectivity index is 1.68. The molecule has 0 aliphatic carbocycles. The monoisotopic (exact) mass is 565 g/mol. The van der Waals surface area contributed by atoms with E-state index in [1.165, 1.54) is 0 Å². The lowest BCUT2D eigenvalue weighted by Crippen LogP contribution is -2.47. The number of aliphatic hydroxyl groups is 2. The second-order valence-electron chi connectivity index (χ2n) is 11.6. The van der Waals surface area contributed by atoms with Crippen molar-refractivity contribution in [2.75, 3.05) is 26.8 Å². The molecule has 2 aliphatic rings. The van der Waals surface area contributed by atoms with Gasteiger partial charge in [0.05, 0.1) is 31.1 Å². The number of carbonyl (C=O) groups is 2. The van der Waals surface area contributed by atoms with Gasteiger partial charge in [-0.2, -0.15) is 0 Å². The van der Waals surface area contributed by atoms with Crippen molar-refractivity contribution >= 4 is 23.2 Å². The van der Waals surface area contributed by atoms with Crippen LogP contribution in [0.1, 0.15) is 72.0 Å². The Hall–Kier alpha value is -3.14. The highest BCUT2D eigenvalue weighted by Crippen LogP contribution is 2.47. The van der Waals surface area contributed by atoms with Crippen molar-refractivity contribution in [2.24, 2.45) is 0 Å². The van der Waals surface area contributed by atoms with Crippen molar-refractivity contribution in [3.8, 4) is 27.4 Å². The standard InChI is InChI=1S/C31H39N3O5S/c1-31(2,3)34-13-6-5-8-21-26(25-9-7-15-40-25)27-22-17-23(29(37)32-12-10-20(36)18-35)24(39-4)16-19(22)11-14-33(27)28(21)30(34)38/h7,9,15-17,20,35-36H,5-6,8,10-14,18H2,1-4H3,(H,32,37). The van der Waals surface area contributed by atoms with Crippen molar-refractivity contribution in [3.63, 3.8) is 0 Å². The van der Waals surface area contributed by atoms with E-state index in [4.69, 9.17) is 9.84 Å². The molecule has 0 spiro atoms. The topological polar surface area (TPSA) is 104 Å². The third-order valence-corrected chi connectivity index (χ3v) is 8.84. The van der Waals surface area contributed by atoms with Crippen LogP contribution >= 0.6 is 11.3 Å². The minimum Gasteiger partial charge on any atom is -0.496 e. The van der Waals surface area contributed by atoms with Crippen LogP contribution in [-0.2, 0) is 19.4 Å². The predicted molar refractivity (Wildman–Crippen MR) is 157 cm³/mol. The SMILES string of the molecule is COc1cc2c(cc1C(=O)NCCC(O)CO)-c1c(-c3cccs3)c3c(n1CC2)C(=O)N(C(C)(C)C)CCCC3. The molecule has 0 radical (unpaired) electrons. The molecule has 2 aliphatic heterocycles. The molecule has 214 valence electrons. The fourth-order valence-electron chi connectivity index (χ4n) is 5.96. The maximum Gasteiger partial charge on any atom is 0.271 e. The van der Waals surface area contributed by atoms with E-state index in [0.717, 1.165) is 70.7 Å². The van der Waals surface area contributed by atoms with Gasteiger partial charge in [-0.15, -0.1) is 11.3 Å². The van der Waals surface area contributed by atoms with Crippen LogP contribution in [0, 0.1) is 0 Å². The number of carbonyl (C=O) groups excluding carboxylic acids is 2. The zero-order chi connectivity index (χ0) is 28.6. The second-order valence-corrected chi connectivity index (χ2v) is 12.6. The number of thiophene rings is 1. The van der Waals surface area contributed by atoms with E-state index in [0.29, 0.717) is 17.9 Å². The third-order valence-electron chi connectivity index (χ3n) is 7.95. The highest BCUT2D eigenvalue weighted by atomic mass is 32.1. The van der Waals surface area contributed by atoms with Crippen molar-refractivity contribution in [1.82, 2.24) is 14.8 Å². The zero-order valence-corrected chi connectivity index (χ0v) is 24.6. The number of aryl methyl sites for hydroxylation is 1. The Labute approximate surface area is 239 Å². The summed E-state index contributed by atoms with van der Waals surface area (Å²) >= 11 is 1.67. The van der Waals surface area contributed by atoms with Gasteiger partial charge in [-0.3, -0.25) is 9.59 Å². The van der Waals surface area contributed by atoms with Crippen molar-refractivity contribution in [1.29, 1.82) is 0 Å². The summed E-state index contributed by atoms with van der Waals surface area (Å²) in [5.74, 6) is 0.257. The van der Waals surface area contributed by atoms with Crippen LogP contribution in [0.3, 0.4) is 0 Å². The second kappa shape index (κ2) is 11.4. The molecule has 5 rings (SSSR count). The molecular weight excluding hydrogens is 526 g/mol. The van der Waals surface area contributed by atoms with Gasteiger partial charge in [0.2, 0.25) is 0 Å². The molecule has 0 bridgehead atoms. The molecular formula is C31H39N3O5S. The number of methoxy groups -OCH3 is 1. The first-order valence-corrected chi connectivity index (χ1v) is 14.9. The summed E-state index contributed by atoms with van der Waals surface area (Å²) in [5.41, 5.74) is 6.10. The molecule has 3 N–H and O–H groups in total.